The first-order chi connectivity index (χ1) is 5.85. The van der Waals surface area contributed by atoms with Crippen LogP contribution in [0.5, 0.6) is 0 Å². The van der Waals surface area contributed by atoms with Gasteiger partial charge in [-0.05, 0) is 18.4 Å². The lowest BCUT2D eigenvalue weighted by Crippen LogP contribution is -1.73. The van der Waals surface area contributed by atoms with Crippen molar-refractivity contribution in [1.29, 1.82) is 0 Å². The van der Waals surface area contributed by atoms with Crippen molar-refractivity contribution in [1.82, 2.24) is 0 Å². The molecule has 0 nitrogen and oxygen atoms in total. The Balaban J connectivity index is 0.000000261. The molecule has 0 aliphatic rings. The molecule has 0 amide bonds. The van der Waals surface area contributed by atoms with Gasteiger partial charge in [0.1, 0.15) is 0 Å². The van der Waals surface area contributed by atoms with Crippen LogP contribution in [0.2, 0.25) is 0 Å². The van der Waals surface area contributed by atoms with E-state index in [0.717, 1.165) is 18.7 Å². The van der Waals surface area contributed by atoms with Gasteiger partial charge in [-0.3, -0.25) is 0 Å². The zero-order chi connectivity index (χ0) is 9.23. The summed E-state index contributed by atoms with van der Waals surface area (Å²) < 4.78 is 0. The average molecular weight is 185 g/mol. The third-order valence-corrected chi connectivity index (χ3v) is 1.82. The van der Waals surface area contributed by atoms with E-state index in [0.29, 0.717) is 0 Å². The van der Waals surface area contributed by atoms with Crippen LogP contribution in [0, 0.1) is 0 Å². The van der Waals surface area contributed by atoms with E-state index in [1.807, 2.05) is 13.0 Å². The lowest BCUT2D eigenvalue weighted by atomic mass is 10.2. The van der Waals surface area contributed by atoms with Crippen molar-refractivity contribution in [2.45, 2.75) is 26.7 Å². The molecule has 0 bridgehead atoms. The van der Waals surface area contributed by atoms with Crippen molar-refractivity contribution in [2.75, 3.05) is 5.88 Å². The van der Waals surface area contributed by atoms with Crippen molar-refractivity contribution in [3.05, 3.63) is 35.9 Å². The van der Waals surface area contributed by atoms with Gasteiger partial charge in [0.15, 0.2) is 0 Å². The molecule has 0 heterocycles. The Morgan fingerprint density at radius 1 is 1.08 bits per heavy atom. The van der Waals surface area contributed by atoms with Crippen LogP contribution in [0.15, 0.2) is 30.3 Å². The number of alkyl halides is 1. The molecule has 1 rings (SSSR count). The fourth-order valence-corrected chi connectivity index (χ4v) is 0.714. The van der Waals surface area contributed by atoms with Crippen LogP contribution in [0.4, 0.5) is 0 Å². The minimum Gasteiger partial charge on any atom is -0.127 e. The Bertz CT molecular complexity index is 168. The molecule has 1 aromatic rings. The number of aryl methyl sites for hydroxylation is 1. The van der Waals surface area contributed by atoms with E-state index >= 15 is 0 Å². The summed E-state index contributed by atoms with van der Waals surface area (Å²) in [5.41, 5.74) is 1.41. The van der Waals surface area contributed by atoms with E-state index in [9.17, 15) is 0 Å². The molecular weight excluding hydrogens is 168 g/mol. The Labute approximate surface area is 80.6 Å². The van der Waals surface area contributed by atoms with Gasteiger partial charge in [-0.2, -0.15) is 0 Å². The highest BCUT2D eigenvalue weighted by molar-refractivity contribution is 6.17. The van der Waals surface area contributed by atoms with Gasteiger partial charge in [0.25, 0.3) is 0 Å². The largest absolute Gasteiger partial charge is 0.127 e. The van der Waals surface area contributed by atoms with Crippen LogP contribution in [0.25, 0.3) is 0 Å². The molecule has 0 radical (unpaired) electrons. The Morgan fingerprint density at radius 2 is 1.58 bits per heavy atom. The van der Waals surface area contributed by atoms with Gasteiger partial charge >= 0.3 is 0 Å². The molecule has 0 fully saturated rings. The Morgan fingerprint density at radius 3 is 1.83 bits per heavy atom. The van der Waals surface area contributed by atoms with Gasteiger partial charge in [-0.25, -0.2) is 0 Å². The van der Waals surface area contributed by atoms with Gasteiger partial charge in [0, 0.05) is 5.88 Å². The lowest BCUT2D eigenvalue weighted by molar-refractivity contribution is 1.10. The van der Waals surface area contributed by atoms with Crippen LogP contribution in [-0.2, 0) is 6.42 Å². The normalized spacial score (nSPS) is 8.58. The molecule has 0 aromatic heterocycles. The molecule has 0 aliphatic heterocycles. The third kappa shape index (κ3) is 6.23. The van der Waals surface area contributed by atoms with E-state index < -0.39 is 0 Å². The number of benzene rings is 1. The number of halogens is 1. The maximum absolute atomic E-state index is 5.19. The number of hydrogen-bond donors (Lipinski definition) is 0. The van der Waals surface area contributed by atoms with Crippen molar-refractivity contribution in [3.8, 4) is 0 Å². The summed E-state index contributed by atoms with van der Waals surface area (Å²) in [6, 6.07) is 10.5. The fourth-order valence-electron chi connectivity index (χ4n) is 0.714. The van der Waals surface area contributed by atoms with Crippen LogP contribution < -0.4 is 0 Å². The first kappa shape index (κ1) is 11.5. The second kappa shape index (κ2) is 8.61. The SMILES string of the molecule is CCCCl.CCc1ccccc1. The summed E-state index contributed by atoms with van der Waals surface area (Å²) in [6.07, 6.45) is 2.22. The highest BCUT2D eigenvalue weighted by Gasteiger charge is 1.79. The molecule has 0 saturated carbocycles. The fraction of sp³-hybridized carbons (Fsp3) is 0.455. The van der Waals surface area contributed by atoms with Crippen molar-refractivity contribution in [3.63, 3.8) is 0 Å². The van der Waals surface area contributed by atoms with Crippen LogP contribution in [-0.4, -0.2) is 5.88 Å². The number of rotatable bonds is 2. The summed E-state index contributed by atoms with van der Waals surface area (Å²) in [5, 5.41) is 0. The zero-order valence-corrected chi connectivity index (χ0v) is 8.64. The minimum absolute atomic E-state index is 0.792. The molecular formula is C11H17Cl. The predicted molar refractivity (Wildman–Crippen MR) is 56.8 cm³/mol. The van der Waals surface area contributed by atoms with Crippen LogP contribution >= 0.6 is 11.6 Å². The Hall–Kier alpha value is -0.490. The molecule has 0 saturated heterocycles. The summed E-state index contributed by atoms with van der Waals surface area (Å²) in [6.45, 7) is 4.21. The molecule has 1 heteroatoms. The first-order valence-corrected chi connectivity index (χ1v) is 4.98. The predicted octanol–water partition coefficient (Wildman–Crippen LogP) is 3.88. The molecule has 0 spiro atoms. The quantitative estimate of drug-likeness (QED) is 0.612. The molecule has 0 atom stereocenters. The topological polar surface area (TPSA) is 0 Å². The van der Waals surface area contributed by atoms with Crippen molar-refractivity contribution in [2.24, 2.45) is 0 Å². The van der Waals surface area contributed by atoms with Gasteiger partial charge in [-0.1, -0.05) is 44.2 Å². The van der Waals surface area contributed by atoms with Crippen molar-refractivity contribution < 1.29 is 0 Å². The molecule has 68 valence electrons. The maximum Gasteiger partial charge on any atom is 0.0220 e. The van der Waals surface area contributed by atoms with Crippen LogP contribution in [0.1, 0.15) is 25.8 Å². The van der Waals surface area contributed by atoms with Crippen molar-refractivity contribution >= 4 is 11.6 Å². The van der Waals surface area contributed by atoms with E-state index in [1.54, 1.807) is 0 Å². The smallest absolute Gasteiger partial charge is 0.0220 e. The molecule has 0 unspecified atom stereocenters. The Kier molecular flexibility index (Phi) is 8.25. The van der Waals surface area contributed by atoms with Gasteiger partial charge in [0.05, 0.1) is 0 Å². The average Bonchev–Trinajstić information content (AvgIpc) is 2.19. The summed E-state index contributed by atoms with van der Waals surface area (Å²) in [5.74, 6) is 0.792. The lowest BCUT2D eigenvalue weighted by Gasteiger charge is -1.89. The molecule has 0 N–H and O–H groups in total. The van der Waals surface area contributed by atoms with E-state index in [1.165, 1.54) is 5.56 Å². The minimum atomic E-state index is 0.792. The number of hydrogen-bond acceptors (Lipinski definition) is 0. The van der Waals surface area contributed by atoms with Gasteiger partial charge in [0.2, 0.25) is 0 Å². The first-order valence-electron chi connectivity index (χ1n) is 4.45. The highest BCUT2D eigenvalue weighted by Crippen LogP contribution is 1.96. The second-order valence-electron chi connectivity index (χ2n) is 2.53. The van der Waals surface area contributed by atoms with Gasteiger partial charge < -0.3 is 0 Å². The monoisotopic (exact) mass is 184 g/mol. The standard InChI is InChI=1S/C8H10.C3H7Cl/c1-2-8-6-4-3-5-7-8;1-2-3-4/h3-7H,2H2,1H3;2-3H2,1H3. The third-order valence-electron chi connectivity index (χ3n) is 1.44. The maximum atomic E-state index is 5.19. The van der Waals surface area contributed by atoms with E-state index in [-0.39, 0.29) is 0 Å². The summed E-state index contributed by atoms with van der Waals surface area (Å²) in [7, 11) is 0. The van der Waals surface area contributed by atoms with Gasteiger partial charge in [-0.15, -0.1) is 11.6 Å². The van der Waals surface area contributed by atoms with E-state index in [2.05, 4.69) is 31.2 Å². The zero-order valence-electron chi connectivity index (χ0n) is 7.89. The second-order valence-corrected chi connectivity index (χ2v) is 2.91. The molecule has 1 aromatic carbocycles. The highest BCUT2D eigenvalue weighted by atomic mass is 35.5. The molecule has 0 aliphatic carbocycles. The van der Waals surface area contributed by atoms with Crippen LogP contribution in [0.3, 0.4) is 0 Å². The summed E-state index contributed by atoms with van der Waals surface area (Å²) in [4.78, 5) is 0. The summed E-state index contributed by atoms with van der Waals surface area (Å²) >= 11 is 5.19. The molecule has 12 heavy (non-hydrogen) atoms. The van der Waals surface area contributed by atoms with E-state index in [4.69, 9.17) is 11.6 Å².